The summed E-state index contributed by atoms with van der Waals surface area (Å²) in [5.74, 6) is -0.568. The Balaban J connectivity index is 1.41. The highest BCUT2D eigenvalue weighted by Gasteiger charge is 2.31. The summed E-state index contributed by atoms with van der Waals surface area (Å²) < 4.78 is 5.15. The van der Waals surface area contributed by atoms with Gasteiger partial charge in [-0.1, -0.05) is 12.1 Å². The zero-order valence-corrected chi connectivity index (χ0v) is 15.6. The summed E-state index contributed by atoms with van der Waals surface area (Å²) in [6.45, 7) is 0.912. The number of rotatable bonds is 4. The van der Waals surface area contributed by atoms with E-state index in [1.54, 1.807) is 13.2 Å². The second-order valence-corrected chi connectivity index (χ2v) is 6.93. The summed E-state index contributed by atoms with van der Waals surface area (Å²) in [6.07, 6.45) is 1.90. The molecule has 2 aromatic carbocycles. The molecular formula is C21H21N3O4. The van der Waals surface area contributed by atoms with Crippen LogP contribution in [0.2, 0.25) is 0 Å². The van der Waals surface area contributed by atoms with Crippen LogP contribution in [-0.4, -0.2) is 31.4 Å². The first-order valence-corrected chi connectivity index (χ1v) is 9.23. The Bertz CT molecular complexity index is 970. The summed E-state index contributed by atoms with van der Waals surface area (Å²) >= 11 is 0. The van der Waals surface area contributed by atoms with Gasteiger partial charge < -0.3 is 20.3 Å². The molecule has 4 rings (SSSR count). The summed E-state index contributed by atoms with van der Waals surface area (Å²) in [6, 6.07) is 11.0. The normalized spacial score (nSPS) is 14.5. The number of amides is 3. The summed E-state index contributed by atoms with van der Waals surface area (Å²) in [7, 11) is 1.57. The van der Waals surface area contributed by atoms with Gasteiger partial charge in [0, 0.05) is 25.2 Å². The summed E-state index contributed by atoms with van der Waals surface area (Å²) in [4.78, 5) is 38.3. The first-order chi connectivity index (χ1) is 13.5. The molecular weight excluding hydrogens is 358 g/mol. The van der Waals surface area contributed by atoms with E-state index in [1.807, 2.05) is 35.2 Å². The van der Waals surface area contributed by atoms with E-state index in [1.165, 1.54) is 0 Å². The molecule has 2 heterocycles. The Hall–Kier alpha value is -3.35. The first-order valence-electron chi connectivity index (χ1n) is 9.23. The number of carbonyl (C=O) groups excluding carboxylic acids is 3. The van der Waals surface area contributed by atoms with Gasteiger partial charge in [0.05, 0.1) is 12.8 Å². The van der Waals surface area contributed by atoms with Crippen molar-refractivity contribution in [3.8, 4) is 5.75 Å². The van der Waals surface area contributed by atoms with Crippen LogP contribution in [0.3, 0.4) is 0 Å². The maximum absolute atomic E-state index is 12.3. The number of benzene rings is 2. The van der Waals surface area contributed by atoms with Crippen LogP contribution in [0.15, 0.2) is 36.4 Å². The molecule has 144 valence electrons. The predicted molar refractivity (Wildman–Crippen MR) is 104 cm³/mol. The Morgan fingerprint density at radius 1 is 1.07 bits per heavy atom. The van der Waals surface area contributed by atoms with Gasteiger partial charge in [-0.25, -0.2) is 0 Å². The largest absolute Gasteiger partial charge is 0.497 e. The fourth-order valence-electron chi connectivity index (χ4n) is 3.76. The Labute approximate surface area is 162 Å². The van der Waals surface area contributed by atoms with Crippen LogP contribution in [0.4, 0.5) is 11.4 Å². The standard InChI is InChI=1S/C21H21N3O4/c1-28-17-4-2-3-13(9-17)12-22-20(26)21(27)23-16-10-14-5-6-18(25)24-8-7-15(11-16)19(14)24/h2-4,9-11H,5-8,12H2,1H3,(H,22,26)(H,23,27). The molecule has 0 saturated heterocycles. The van der Waals surface area contributed by atoms with Crippen molar-refractivity contribution in [2.45, 2.75) is 25.8 Å². The van der Waals surface area contributed by atoms with E-state index in [2.05, 4.69) is 10.6 Å². The van der Waals surface area contributed by atoms with Crippen LogP contribution in [0.25, 0.3) is 0 Å². The van der Waals surface area contributed by atoms with Crippen molar-refractivity contribution in [3.05, 3.63) is 53.1 Å². The molecule has 0 saturated carbocycles. The highest BCUT2D eigenvalue weighted by molar-refractivity contribution is 6.39. The molecule has 2 aliphatic heterocycles. The lowest BCUT2D eigenvalue weighted by atomic mass is 9.98. The number of hydrogen-bond acceptors (Lipinski definition) is 4. The second-order valence-electron chi connectivity index (χ2n) is 6.93. The van der Waals surface area contributed by atoms with Crippen molar-refractivity contribution < 1.29 is 19.1 Å². The molecule has 2 N–H and O–H groups in total. The molecule has 0 spiro atoms. The average Bonchev–Trinajstić information content (AvgIpc) is 3.14. The Morgan fingerprint density at radius 3 is 2.64 bits per heavy atom. The number of carbonyl (C=O) groups is 3. The van der Waals surface area contributed by atoms with Crippen LogP contribution in [0.5, 0.6) is 5.75 Å². The smallest absolute Gasteiger partial charge is 0.313 e. The molecule has 0 bridgehead atoms. The molecule has 0 atom stereocenters. The Morgan fingerprint density at radius 2 is 1.86 bits per heavy atom. The molecule has 0 fully saturated rings. The van der Waals surface area contributed by atoms with Gasteiger partial charge in [-0.3, -0.25) is 14.4 Å². The molecule has 3 amide bonds. The fraction of sp³-hybridized carbons (Fsp3) is 0.286. The first kappa shape index (κ1) is 18.0. The molecule has 2 aliphatic rings. The quantitative estimate of drug-likeness (QED) is 0.793. The van der Waals surface area contributed by atoms with Gasteiger partial charge in [-0.05, 0) is 53.8 Å². The number of nitrogens with zero attached hydrogens (tertiary/aromatic N) is 1. The minimum atomic E-state index is -0.711. The number of methoxy groups -OCH3 is 1. The predicted octanol–water partition coefficient (Wildman–Crippen LogP) is 1.79. The SMILES string of the molecule is COc1cccc(CNC(=O)C(=O)Nc2cc3c4c(c2)CCN4C(=O)CC3)c1. The maximum atomic E-state index is 12.3. The second kappa shape index (κ2) is 7.34. The van der Waals surface area contributed by atoms with Crippen molar-refractivity contribution >= 4 is 29.1 Å². The fourth-order valence-corrected chi connectivity index (χ4v) is 3.76. The highest BCUT2D eigenvalue weighted by Crippen LogP contribution is 2.38. The number of ether oxygens (including phenoxy) is 1. The number of hydrogen-bond donors (Lipinski definition) is 2. The molecule has 0 aliphatic carbocycles. The lowest BCUT2D eigenvalue weighted by Crippen LogP contribution is -2.35. The summed E-state index contributed by atoms with van der Waals surface area (Å²) in [5, 5.41) is 5.29. The zero-order valence-electron chi connectivity index (χ0n) is 15.6. The minimum Gasteiger partial charge on any atom is -0.497 e. The topological polar surface area (TPSA) is 87.7 Å². The molecule has 7 heteroatoms. The average molecular weight is 379 g/mol. The monoisotopic (exact) mass is 379 g/mol. The molecule has 2 aromatic rings. The Kier molecular flexibility index (Phi) is 4.73. The number of anilines is 2. The minimum absolute atomic E-state index is 0.153. The van der Waals surface area contributed by atoms with E-state index < -0.39 is 11.8 Å². The van der Waals surface area contributed by atoms with Gasteiger partial charge in [0.1, 0.15) is 5.75 Å². The van der Waals surface area contributed by atoms with Crippen LogP contribution in [-0.2, 0) is 33.8 Å². The van der Waals surface area contributed by atoms with E-state index in [9.17, 15) is 14.4 Å². The van der Waals surface area contributed by atoms with Crippen LogP contribution in [0.1, 0.15) is 23.1 Å². The molecule has 7 nitrogen and oxygen atoms in total. The van der Waals surface area contributed by atoms with E-state index in [0.717, 1.165) is 28.8 Å². The third-order valence-corrected chi connectivity index (χ3v) is 5.10. The number of nitrogens with one attached hydrogen (secondary N) is 2. The lowest BCUT2D eigenvalue weighted by molar-refractivity contribution is -0.136. The lowest BCUT2D eigenvalue weighted by Gasteiger charge is -2.25. The van der Waals surface area contributed by atoms with Crippen molar-refractivity contribution in [2.75, 3.05) is 23.9 Å². The van der Waals surface area contributed by atoms with E-state index in [-0.39, 0.29) is 12.5 Å². The van der Waals surface area contributed by atoms with Crippen LogP contribution < -0.4 is 20.3 Å². The van der Waals surface area contributed by atoms with E-state index in [4.69, 9.17) is 4.74 Å². The third-order valence-electron chi connectivity index (χ3n) is 5.10. The van der Waals surface area contributed by atoms with Crippen molar-refractivity contribution in [3.63, 3.8) is 0 Å². The summed E-state index contributed by atoms with van der Waals surface area (Å²) in [5.41, 5.74) is 4.50. The van der Waals surface area contributed by atoms with Gasteiger partial charge in [0.15, 0.2) is 0 Å². The van der Waals surface area contributed by atoms with Gasteiger partial charge in [-0.15, -0.1) is 0 Å². The molecule has 0 aromatic heterocycles. The highest BCUT2D eigenvalue weighted by atomic mass is 16.5. The van der Waals surface area contributed by atoms with Gasteiger partial charge in [0.25, 0.3) is 0 Å². The number of aryl methyl sites for hydroxylation is 1. The van der Waals surface area contributed by atoms with Gasteiger partial charge in [0.2, 0.25) is 5.91 Å². The van der Waals surface area contributed by atoms with Crippen molar-refractivity contribution in [1.82, 2.24) is 5.32 Å². The van der Waals surface area contributed by atoms with Crippen molar-refractivity contribution in [2.24, 2.45) is 0 Å². The van der Waals surface area contributed by atoms with Crippen LogP contribution in [0, 0.1) is 0 Å². The van der Waals surface area contributed by atoms with Crippen molar-refractivity contribution in [1.29, 1.82) is 0 Å². The molecule has 0 radical (unpaired) electrons. The molecule has 28 heavy (non-hydrogen) atoms. The zero-order chi connectivity index (χ0) is 19.7. The maximum Gasteiger partial charge on any atom is 0.313 e. The van der Waals surface area contributed by atoms with Gasteiger partial charge >= 0.3 is 11.8 Å². The van der Waals surface area contributed by atoms with Crippen LogP contribution >= 0.6 is 0 Å². The van der Waals surface area contributed by atoms with E-state index in [0.29, 0.717) is 30.8 Å². The third kappa shape index (κ3) is 3.43. The van der Waals surface area contributed by atoms with E-state index >= 15 is 0 Å². The molecule has 0 unspecified atom stereocenters. The van der Waals surface area contributed by atoms with Gasteiger partial charge in [-0.2, -0.15) is 0 Å².